The summed E-state index contributed by atoms with van der Waals surface area (Å²) in [5.74, 6) is 0.913. The van der Waals surface area contributed by atoms with Crippen molar-refractivity contribution < 1.29 is 0 Å². The number of H-pyrrole nitrogens is 1. The first-order chi connectivity index (χ1) is 13.6. The Hall–Kier alpha value is -3.18. The van der Waals surface area contributed by atoms with Gasteiger partial charge in [0.05, 0.1) is 24.3 Å². The molecule has 1 N–H and O–H groups in total. The van der Waals surface area contributed by atoms with Crippen molar-refractivity contribution in [2.24, 2.45) is 0 Å². The van der Waals surface area contributed by atoms with E-state index in [2.05, 4.69) is 89.0 Å². The number of aromatic amines is 1. The van der Waals surface area contributed by atoms with Crippen LogP contribution in [0.1, 0.15) is 24.4 Å². The Labute approximate surface area is 165 Å². The minimum absolute atomic E-state index is 0.335. The summed E-state index contributed by atoms with van der Waals surface area (Å²) in [5, 5.41) is 0. The lowest BCUT2D eigenvalue weighted by atomic mass is 10.00. The van der Waals surface area contributed by atoms with Gasteiger partial charge in [-0.1, -0.05) is 48.5 Å². The topological polar surface area (TPSA) is 49.7 Å². The fourth-order valence-electron chi connectivity index (χ4n) is 3.40. The molecule has 5 nitrogen and oxygen atoms in total. The number of hydrogen-bond donors (Lipinski definition) is 1. The highest BCUT2D eigenvalue weighted by Gasteiger charge is 2.17. The second kappa shape index (κ2) is 7.82. The van der Waals surface area contributed by atoms with E-state index in [0.717, 1.165) is 28.3 Å². The molecule has 0 aliphatic heterocycles. The minimum Gasteiger partial charge on any atom is -0.347 e. The minimum atomic E-state index is 0.335. The van der Waals surface area contributed by atoms with Gasteiger partial charge in [0.2, 0.25) is 0 Å². The van der Waals surface area contributed by atoms with E-state index in [0.29, 0.717) is 12.6 Å². The van der Waals surface area contributed by atoms with Crippen molar-refractivity contribution in [2.75, 3.05) is 14.1 Å². The number of rotatable bonds is 6. The summed E-state index contributed by atoms with van der Waals surface area (Å²) in [6.45, 7) is 2.87. The zero-order valence-corrected chi connectivity index (χ0v) is 16.5. The third-order valence-corrected chi connectivity index (χ3v) is 5.18. The third kappa shape index (κ3) is 3.62. The van der Waals surface area contributed by atoms with Gasteiger partial charge in [-0.15, -0.1) is 0 Å². The Morgan fingerprint density at radius 1 is 1.00 bits per heavy atom. The summed E-state index contributed by atoms with van der Waals surface area (Å²) >= 11 is 0. The Kier molecular flexibility index (Phi) is 5.08. The molecule has 0 spiro atoms. The molecule has 1 unspecified atom stereocenters. The van der Waals surface area contributed by atoms with E-state index in [1.165, 1.54) is 5.56 Å². The van der Waals surface area contributed by atoms with Crippen molar-refractivity contribution in [3.63, 3.8) is 0 Å². The predicted octanol–water partition coefficient (Wildman–Crippen LogP) is 4.61. The van der Waals surface area contributed by atoms with E-state index in [1.54, 1.807) is 6.20 Å². The molecule has 142 valence electrons. The fourth-order valence-corrected chi connectivity index (χ4v) is 3.40. The summed E-state index contributed by atoms with van der Waals surface area (Å²) in [6.07, 6.45) is 5.54. The van der Waals surface area contributed by atoms with Gasteiger partial charge in [-0.25, -0.2) is 9.97 Å². The van der Waals surface area contributed by atoms with Gasteiger partial charge in [0.25, 0.3) is 0 Å². The molecule has 0 aliphatic rings. The van der Waals surface area contributed by atoms with Gasteiger partial charge in [0, 0.05) is 29.6 Å². The van der Waals surface area contributed by atoms with Crippen LogP contribution in [0.3, 0.4) is 0 Å². The quantitative estimate of drug-likeness (QED) is 0.538. The van der Waals surface area contributed by atoms with Crippen LogP contribution in [0.4, 0.5) is 0 Å². The first-order valence-corrected chi connectivity index (χ1v) is 9.49. The van der Waals surface area contributed by atoms with Crippen LogP contribution in [-0.4, -0.2) is 38.5 Å². The van der Waals surface area contributed by atoms with Crippen LogP contribution in [0.2, 0.25) is 0 Å². The Balaban J connectivity index is 1.84. The molecule has 0 amide bonds. The number of aromatic nitrogens is 4. The van der Waals surface area contributed by atoms with Crippen LogP contribution < -0.4 is 0 Å². The lowest BCUT2D eigenvalue weighted by Gasteiger charge is -2.21. The Morgan fingerprint density at radius 2 is 1.79 bits per heavy atom. The zero-order valence-electron chi connectivity index (χ0n) is 16.5. The van der Waals surface area contributed by atoms with Crippen molar-refractivity contribution in [3.05, 3.63) is 84.7 Å². The molecule has 28 heavy (non-hydrogen) atoms. The van der Waals surface area contributed by atoms with E-state index in [1.807, 2.05) is 18.6 Å². The van der Waals surface area contributed by atoms with Crippen LogP contribution in [0.5, 0.6) is 0 Å². The third-order valence-electron chi connectivity index (χ3n) is 5.18. The maximum atomic E-state index is 4.76. The molecule has 2 heterocycles. The summed E-state index contributed by atoms with van der Waals surface area (Å²) in [6, 6.07) is 19.4. The molecule has 2 aromatic carbocycles. The molecule has 0 aliphatic carbocycles. The van der Waals surface area contributed by atoms with Gasteiger partial charge >= 0.3 is 0 Å². The molecule has 0 saturated carbocycles. The van der Waals surface area contributed by atoms with Crippen molar-refractivity contribution >= 4 is 0 Å². The molecule has 0 radical (unpaired) electrons. The van der Waals surface area contributed by atoms with Crippen molar-refractivity contribution in [1.82, 2.24) is 24.4 Å². The zero-order chi connectivity index (χ0) is 19.5. The van der Waals surface area contributed by atoms with E-state index in [9.17, 15) is 0 Å². The summed E-state index contributed by atoms with van der Waals surface area (Å²) in [5.41, 5.74) is 5.65. The molecule has 1 atom stereocenters. The first kappa shape index (κ1) is 18.2. The van der Waals surface area contributed by atoms with Crippen molar-refractivity contribution in [2.45, 2.75) is 19.5 Å². The Bertz CT molecular complexity index is 1030. The maximum absolute atomic E-state index is 4.76. The van der Waals surface area contributed by atoms with E-state index in [-0.39, 0.29) is 0 Å². The SMILES string of the molecule is CC(c1cccc(-c2c(-c3ccccc3)ncn2Cc2ncc[nH]2)c1)N(C)C. The lowest BCUT2D eigenvalue weighted by molar-refractivity contribution is 0.321. The highest BCUT2D eigenvalue weighted by molar-refractivity contribution is 5.79. The fraction of sp³-hybridized carbons (Fsp3) is 0.217. The van der Waals surface area contributed by atoms with Crippen LogP contribution in [0.15, 0.2) is 73.3 Å². The predicted molar refractivity (Wildman–Crippen MR) is 113 cm³/mol. The number of hydrogen-bond acceptors (Lipinski definition) is 3. The number of benzene rings is 2. The smallest absolute Gasteiger partial charge is 0.126 e. The van der Waals surface area contributed by atoms with Crippen LogP contribution in [0, 0.1) is 0 Å². The van der Waals surface area contributed by atoms with Crippen molar-refractivity contribution in [1.29, 1.82) is 0 Å². The van der Waals surface area contributed by atoms with Crippen LogP contribution >= 0.6 is 0 Å². The van der Waals surface area contributed by atoms with Gasteiger partial charge < -0.3 is 14.5 Å². The molecule has 0 fully saturated rings. The highest BCUT2D eigenvalue weighted by atomic mass is 15.1. The highest BCUT2D eigenvalue weighted by Crippen LogP contribution is 2.33. The number of nitrogens with zero attached hydrogens (tertiary/aromatic N) is 4. The van der Waals surface area contributed by atoms with E-state index >= 15 is 0 Å². The van der Waals surface area contributed by atoms with Gasteiger partial charge in [-0.2, -0.15) is 0 Å². The first-order valence-electron chi connectivity index (χ1n) is 9.49. The largest absolute Gasteiger partial charge is 0.347 e. The molecule has 4 rings (SSSR count). The van der Waals surface area contributed by atoms with Crippen molar-refractivity contribution in [3.8, 4) is 22.5 Å². The van der Waals surface area contributed by atoms with Crippen LogP contribution in [0.25, 0.3) is 22.5 Å². The van der Waals surface area contributed by atoms with Gasteiger partial charge in [0.1, 0.15) is 5.82 Å². The van der Waals surface area contributed by atoms with Gasteiger partial charge in [-0.05, 0) is 32.6 Å². The van der Waals surface area contributed by atoms with E-state index < -0.39 is 0 Å². The molecule has 4 aromatic rings. The molecule has 0 saturated heterocycles. The monoisotopic (exact) mass is 371 g/mol. The summed E-state index contributed by atoms with van der Waals surface area (Å²) in [4.78, 5) is 14.6. The van der Waals surface area contributed by atoms with Gasteiger partial charge in [-0.3, -0.25) is 0 Å². The molecular formula is C23H25N5. The lowest BCUT2D eigenvalue weighted by Crippen LogP contribution is -2.16. The Morgan fingerprint density at radius 3 is 2.50 bits per heavy atom. The average molecular weight is 371 g/mol. The maximum Gasteiger partial charge on any atom is 0.126 e. The molecular weight excluding hydrogens is 346 g/mol. The molecule has 0 bridgehead atoms. The molecule has 2 aromatic heterocycles. The van der Waals surface area contributed by atoms with E-state index in [4.69, 9.17) is 4.98 Å². The summed E-state index contributed by atoms with van der Waals surface area (Å²) < 4.78 is 2.17. The second-order valence-electron chi connectivity index (χ2n) is 7.24. The number of imidazole rings is 2. The summed E-state index contributed by atoms with van der Waals surface area (Å²) in [7, 11) is 4.21. The average Bonchev–Trinajstić information content (AvgIpc) is 3.38. The standard InChI is InChI=1S/C23H25N5/c1-17(27(2)3)19-10-7-11-20(14-19)23-22(18-8-5-4-6-9-18)26-16-28(23)15-21-24-12-13-25-21/h4-14,16-17H,15H2,1-3H3,(H,24,25). The van der Waals surface area contributed by atoms with Crippen LogP contribution in [-0.2, 0) is 6.54 Å². The molecule has 5 heteroatoms. The van der Waals surface area contributed by atoms with Gasteiger partial charge in [0.15, 0.2) is 0 Å². The normalized spacial score (nSPS) is 12.4. The second-order valence-corrected chi connectivity index (χ2v) is 7.24. The number of nitrogens with one attached hydrogen (secondary N) is 1.